The van der Waals surface area contributed by atoms with Crippen LogP contribution in [0.4, 0.5) is 4.79 Å². The van der Waals surface area contributed by atoms with E-state index < -0.39 is 11.7 Å². The molecule has 0 unspecified atom stereocenters. The van der Waals surface area contributed by atoms with Gasteiger partial charge in [0.05, 0.1) is 0 Å². The molecule has 1 aromatic carbocycles. The lowest BCUT2D eigenvalue weighted by molar-refractivity contribution is -0.119. The summed E-state index contributed by atoms with van der Waals surface area (Å²) in [6.07, 6.45) is 1.07. The Hall–Kier alpha value is -2.77. The molecule has 8 nitrogen and oxygen atoms in total. The van der Waals surface area contributed by atoms with Crippen LogP contribution in [0.1, 0.15) is 39.7 Å². The van der Waals surface area contributed by atoms with Crippen LogP contribution in [-0.2, 0) is 16.0 Å². The topological polar surface area (TPSA) is 104 Å². The van der Waals surface area contributed by atoms with Crippen LogP contribution < -0.4 is 21.3 Å². The number of hydrogen-bond acceptors (Lipinski definition) is 4. The average Bonchev–Trinajstić information content (AvgIpc) is 2.65. The third-order valence-electron chi connectivity index (χ3n) is 3.62. The van der Waals surface area contributed by atoms with Gasteiger partial charge in [-0.3, -0.25) is 4.79 Å². The molecule has 0 heterocycles. The molecule has 0 saturated carbocycles. The summed E-state index contributed by atoms with van der Waals surface area (Å²) in [5.74, 6) is 0.452. The SMILES string of the molecule is CCNC(=NCC(=O)NCCc1ccccc1)NCCCNC(=O)OC(C)(C)C. The smallest absolute Gasteiger partial charge is 0.407 e. The molecular formula is C21H35N5O3. The predicted octanol–water partition coefficient (Wildman–Crippen LogP) is 1.82. The van der Waals surface area contributed by atoms with Gasteiger partial charge in [0.25, 0.3) is 0 Å². The van der Waals surface area contributed by atoms with E-state index in [4.69, 9.17) is 4.74 Å². The lowest BCUT2D eigenvalue weighted by atomic mass is 10.1. The summed E-state index contributed by atoms with van der Waals surface area (Å²) >= 11 is 0. The highest BCUT2D eigenvalue weighted by atomic mass is 16.6. The molecule has 0 radical (unpaired) electrons. The zero-order chi connectivity index (χ0) is 21.5. The Morgan fingerprint density at radius 2 is 1.66 bits per heavy atom. The summed E-state index contributed by atoms with van der Waals surface area (Å²) in [6.45, 7) is 9.86. The molecule has 0 aliphatic heterocycles. The van der Waals surface area contributed by atoms with E-state index in [1.165, 1.54) is 5.56 Å². The van der Waals surface area contributed by atoms with Gasteiger partial charge in [-0.2, -0.15) is 0 Å². The number of hydrogen-bond donors (Lipinski definition) is 4. The molecule has 162 valence electrons. The fourth-order valence-corrected chi connectivity index (χ4v) is 2.34. The number of rotatable bonds is 10. The third-order valence-corrected chi connectivity index (χ3v) is 3.62. The number of guanidine groups is 1. The third kappa shape index (κ3) is 13.1. The average molecular weight is 406 g/mol. The number of benzene rings is 1. The van der Waals surface area contributed by atoms with Crippen molar-refractivity contribution in [1.29, 1.82) is 0 Å². The minimum atomic E-state index is -0.505. The fourth-order valence-electron chi connectivity index (χ4n) is 2.34. The van der Waals surface area contributed by atoms with E-state index in [1.807, 2.05) is 58.0 Å². The molecular weight excluding hydrogens is 370 g/mol. The fraction of sp³-hybridized carbons (Fsp3) is 0.571. The van der Waals surface area contributed by atoms with Crippen molar-refractivity contribution in [3.05, 3.63) is 35.9 Å². The quantitative estimate of drug-likeness (QED) is 0.270. The van der Waals surface area contributed by atoms with Crippen molar-refractivity contribution in [3.63, 3.8) is 0 Å². The Balaban J connectivity index is 2.24. The maximum Gasteiger partial charge on any atom is 0.407 e. The highest BCUT2D eigenvalue weighted by molar-refractivity contribution is 5.84. The molecule has 2 amide bonds. The summed E-state index contributed by atoms with van der Waals surface area (Å²) in [5.41, 5.74) is 0.681. The van der Waals surface area contributed by atoms with Gasteiger partial charge in [0.1, 0.15) is 12.1 Å². The Labute approximate surface area is 173 Å². The maximum absolute atomic E-state index is 12.0. The molecule has 0 aliphatic rings. The molecule has 0 aliphatic carbocycles. The van der Waals surface area contributed by atoms with E-state index in [2.05, 4.69) is 26.3 Å². The Kier molecular flexibility index (Phi) is 11.2. The van der Waals surface area contributed by atoms with E-state index >= 15 is 0 Å². The van der Waals surface area contributed by atoms with Gasteiger partial charge in [-0.05, 0) is 46.1 Å². The first-order valence-electron chi connectivity index (χ1n) is 10.1. The number of ether oxygens (including phenoxy) is 1. The van der Waals surface area contributed by atoms with Gasteiger partial charge >= 0.3 is 6.09 Å². The van der Waals surface area contributed by atoms with Crippen LogP contribution in [0, 0.1) is 0 Å². The summed E-state index contributed by atoms with van der Waals surface area (Å²) < 4.78 is 5.18. The van der Waals surface area contributed by atoms with E-state index in [0.717, 1.165) is 6.42 Å². The van der Waals surface area contributed by atoms with Crippen LogP contribution in [0.25, 0.3) is 0 Å². The van der Waals surface area contributed by atoms with E-state index in [9.17, 15) is 9.59 Å². The molecule has 0 saturated heterocycles. The number of aliphatic imine (C=N–C) groups is 1. The number of nitrogens with one attached hydrogen (secondary N) is 4. The first kappa shape index (κ1) is 24.3. The van der Waals surface area contributed by atoms with Gasteiger partial charge in [-0.25, -0.2) is 9.79 Å². The molecule has 1 aromatic rings. The van der Waals surface area contributed by atoms with Crippen molar-refractivity contribution in [2.45, 2.75) is 46.1 Å². The summed E-state index contributed by atoms with van der Waals surface area (Å²) in [4.78, 5) is 27.8. The van der Waals surface area contributed by atoms with Crippen LogP contribution in [0.3, 0.4) is 0 Å². The monoisotopic (exact) mass is 405 g/mol. The van der Waals surface area contributed by atoms with Gasteiger partial charge in [0.2, 0.25) is 5.91 Å². The van der Waals surface area contributed by atoms with Crippen molar-refractivity contribution in [2.24, 2.45) is 4.99 Å². The van der Waals surface area contributed by atoms with Crippen LogP contribution in [-0.4, -0.2) is 56.3 Å². The number of nitrogens with zero attached hydrogens (tertiary/aromatic N) is 1. The first-order chi connectivity index (χ1) is 13.8. The molecule has 0 fully saturated rings. The zero-order valence-electron chi connectivity index (χ0n) is 18.0. The Morgan fingerprint density at radius 1 is 0.966 bits per heavy atom. The molecule has 4 N–H and O–H groups in total. The second-order valence-corrected chi connectivity index (χ2v) is 7.49. The molecule has 8 heteroatoms. The standard InChI is InChI=1S/C21H35N5O3/c1-5-22-19(24-13-9-14-25-20(28)29-21(2,3)4)26-16-18(27)23-15-12-17-10-7-6-8-11-17/h6-8,10-11H,5,9,12-16H2,1-4H3,(H,23,27)(H,25,28)(H2,22,24,26). The summed E-state index contributed by atoms with van der Waals surface area (Å²) in [5, 5.41) is 11.8. The van der Waals surface area contributed by atoms with Crippen LogP contribution in [0.5, 0.6) is 0 Å². The van der Waals surface area contributed by atoms with Gasteiger partial charge in [-0.15, -0.1) is 0 Å². The second kappa shape index (κ2) is 13.4. The maximum atomic E-state index is 12.0. The largest absolute Gasteiger partial charge is 0.444 e. The van der Waals surface area contributed by atoms with Crippen molar-refractivity contribution in [1.82, 2.24) is 21.3 Å². The molecule has 0 aromatic heterocycles. The number of amides is 2. The Morgan fingerprint density at radius 3 is 2.31 bits per heavy atom. The Bertz CT molecular complexity index is 641. The van der Waals surface area contributed by atoms with E-state index in [1.54, 1.807) is 0 Å². The zero-order valence-corrected chi connectivity index (χ0v) is 18.0. The van der Waals surface area contributed by atoms with Crippen molar-refractivity contribution in [2.75, 3.05) is 32.7 Å². The second-order valence-electron chi connectivity index (χ2n) is 7.49. The molecule has 1 rings (SSSR count). The van der Waals surface area contributed by atoms with Crippen LogP contribution >= 0.6 is 0 Å². The predicted molar refractivity (Wildman–Crippen MR) is 116 cm³/mol. The first-order valence-corrected chi connectivity index (χ1v) is 10.1. The van der Waals surface area contributed by atoms with Gasteiger partial charge in [0.15, 0.2) is 5.96 Å². The number of alkyl carbamates (subject to hydrolysis) is 1. The minimum Gasteiger partial charge on any atom is -0.444 e. The highest BCUT2D eigenvalue weighted by Crippen LogP contribution is 2.06. The normalized spacial score (nSPS) is 11.5. The van der Waals surface area contributed by atoms with Crippen molar-refractivity contribution >= 4 is 18.0 Å². The van der Waals surface area contributed by atoms with Crippen molar-refractivity contribution in [3.8, 4) is 0 Å². The minimum absolute atomic E-state index is 0.0558. The van der Waals surface area contributed by atoms with Gasteiger partial charge < -0.3 is 26.0 Å². The van der Waals surface area contributed by atoms with E-state index in [0.29, 0.717) is 38.6 Å². The number of carbonyl (C=O) groups excluding carboxylic acids is 2. The lowest BCUT2D eigenvalue weighted by Gasteiger charge is -2.19. The van der Waals surface area contributed by atoms with Crippen LogP contribution in [0.15, 0.2) is 35.3 Å². The number of carbonyl (C=O) groups is 2. The van der Waals surface area contributed by atoms with Crippen molar-refractivity contribution < 1.29 is 14.3 Å². The van der Waals surface area contributed by atoms with Gasteiger partial charge in [0, 0.05) is 26.2 Å². The summed E-state index contributed by atoms with van der Waals surface area (Å²) in [6, 6.07) is 10.0. The molecule has 0 atom stereocenters. The molecule has 29 heavy (non-hydrogen) atoms. The van der Waals surface area contributed by atoms with Crippen LogP contribution in [0.2, 0.25) is 0 Å². The van der Waals surface area contributed by atoms with Gasteiger partial charge in [-0.1, -0.05) is 30.3 Å². The molecule has 0 bridgehead atoms. The summed E-state index contributed by atoms with van der Waals surface area (Å²) in [7, 11) is 0. The highest BCUT2D eigenvalue weighted by Gasteiger charge is 2.15. The van der Waals surface area contributed by atoms with E-state index in [-0.39, 0.29) is 12.5 Å². The molecule has 0 spiro atoms. The lowest BCUT2D eigenvalue weighted by Crippen LogP contribution is -2.40.